The normalized spacial score (nSPS) is 11.1. The Balaban J connectivity index is 1.45. The molecule has 0 atom stereocenters. The molecule has 0 aliphatic carbocycles. The lowest BCUT2D eigenvalue weighted by atomic mass is 10.2. The van der Waals surface area contributed by atoms with Crippen LogP contribution in [0.4, 0.5) is 0 Å². The first-order chi connectivity index (χ1) is 16.6. The number of amides is 1. The van der Waals surface area contributed by atoms with E-state index in [4.69, 9.17) is 4.74 Å². The van der Waals surface area contributed by atoms with Crippen molar-refractivity contribution in [3.8, 4) is 22.8 Å². The van der Waals surface area contributed by atoms with Gasteiger partial charge in [-0.15, -0.1) is 10.2 Å². The van der Waals surface area contributed by atoms with Gasteiger partial charge in [-0.05, 0) is 38.1 Å². The summed E-state index contributed by atoms with van der Waals surface area (Å²) in [7, 11) is 0. The summed E-state index contributed by atoms with van der Waals surface area (Å²) in [6.07, 6.45) is 1.63. The minimum Gasteiger partial charge on any atom is -0.490 e. The molecule has 0 unspecified atom stereocenters. The predicted octanol–water partition coefficient (Wildman–Crippen LogP) is 4.96. The smallest absolute Gasteiger partial charge is 0.250 e. The Bertz CT molecular complexity index is 1260. The van der Waals surface area contributed by atoms with E-state index in [-0.39, 0.29) is 17.8 Å². The van der Waals surface area contributed by atoms with Crippen LogP contribution in [-0.2, 0) is 4.79 Å². The first kappa shape index (κ1) is 23.3. The molecule has 1 amide bonds. The van der Waals surface area contributed by atoms with Crippen LogP contribution in [0.5, 0.6) is 5.75 Å². The zero-order valence-electron chi connectivity index (χ0n) is 19.0. The molecule has 4 aromatic rings. The molecule has 8 heteroatoms. The number of aromatic nitrogens is 3. The molecule has 1 aromatic heterocycles. The lowest BCUT2D eigenvalue weighted by Gasteiger charge is -2.11. The molecule has 0 saturated heterocycles. The van der Waals surface area contributed by atoms with E-state index in [0.717, 1.165) is 22.6 Å². The van der Waals surface area contributed by atoms with E-state index in [1.807, 2.05) is 103 Å². The fourth-order valence-corrected chi connectivity index (χ4v) is 3.98. The van der Waals surface area contributed by atoms with Crippen LogP contribution >= 0.6 is 11.8 Å². The van der Waals surface area contributed by atoms with Gasteiger partial charge >= 0.3 is 0 Å². The van der Waals surface area contributed by atoms with Crippen LogP contribution in [0.3, 0.4) is 0 Å². The van der Waals surface area contributed by atoms with E-state index < -0.39 is 0 Å². The van der Waals surface area contributed by atoms with Crippen molar-refractivity contribution in [1.82, 2.24) is 20.2 Å². The van der Waals surface area contributed by atoms with Crippen molar-refractivity contribution in [3.63, 3.8) is 0 Å². The van der Waals surface area contributed by atoms with Crippen molar-refractivity contribution in [3.05, 3.63) is 90.5 Å². The van der Waals surface area contributed by atoms with Gasteiger partial charge in [-0.2, -0.15) is 5.10 Å². The number of rotatable bonds is 9. The van der Waals surface area contributed by atoms with Crippen LogP contribution in [0.15, 0.2) is 95.2 Å². The van der Waals surface area contributed by atoms with Gasteiger partial charge in [-0.3, -0.25) is 9.36 Å². The maximum Gasteiger partial charge on any atom is 0.250 e. The molecule has 172 valence electrons. The monoisotopic (exact) mass is 471 g/mol. The third kappa shape index (κ3) is 5.90. The van der Waals surface area contributed by atoms with E-state index in [0.29, 0.717) is 10.9 Å². The van der Waals surface area contributed by atoms with Crippen LogP contribution in [0.25, 0.3) is 17.1 Å². The summed E-state index contributed by atoms with van der Waals surface area (Å²) in [4.78, 5) is 12.5. The van der Waals surface area contributed by atoms with Gasteiger partial charge in [0.25, 0.3) is 5.91 Å². The summed E-state index contributed by atoms with van der Waals surface area (Å²) in [6, 6.07) is 27.3. The molecular weight excluding hydrogens is 446 g/mol. The van der Waals surface area contributed by atoms with Crippen LogP contribution in [-0.4, -0.2) is 38.7 Å². The van der Waals surface area contributed by atoms with Gasteiger partial charge in [-0.1, -0.05) is 72.4 Å². The van der Waals surface area contributed by atoms with Crippen molar-refractivity contribution in [2.24, 2.45) is 5.10 Å². The Labute approximate surface area is 202 Å². The second-order valence-electron chi connectivity index (χ2n) is 7.63. The minimum absolute atomic E-state index is 0.0447. The second-order valence-corrected chi connectivity index (χ2v) is 8.57. The molecule has 34 heavy (non-hydrogen) atoms. The number of carbonyl (C=O) groups excluding carboxylic acids is 1. The number of thioether (sulfide) groups is 1. The summed E-state index contributed by atoms with van der Waals surface area (Å²) < 4.78 is 7.73. The highest BCUT2D eigenvalue weighted by Gasteiger charge is 2.17. The number of para-hydroxylation sites is 2. The molecule has 0 aliphatic rings. The van der Waals surface area contributed by atoms with Crippen molar-refractivity contribution in [1.29, 1.82) is 0 Å². The number of hydrazone groups is 1. The Hall–Kier alpha value is -3.91. The highest BCUT2D eigenvalue weighted by molar-refractivity contribution is 7.99. The maximum absolute atomic E-state index is 12.5. The molecule has 1 heterocycles. The number of benzene rings is 3. The lowest BCUT2D eigenvalue weighted by molar-refractivity contribution is -0.118. The molecule has 1 N–H and O–H groups in total. The van der Waals surface area contributed by atoms with E-state index in [1.54, 1.807) is 6.21 Å². The van der Waals surface area contributed by atoms with Gasteiger partial charge in [0.05, 0.1) is 18.1 Å². The van der Waals surface area contributed by atoms with E-state index in [2.05, 4.69) is 20.7 Å². The van der Waals surface area contributed by atoms with Crippen LogP contribution in [0.2, 0.25) is 0 Å². The number of carbonyl (C=O) groups is 1. The van der Waals surface area contributed by atoms with Crippen molar-refractivity contribution >= 4 is 23.9 Å². The summed E-state index contributed by atoms with van der Waals surface area (Å²) in [6.45, 7) is 3.93. The van der Waals surface area contributed by atoms with Gasteiger partial charge in [0.15, 0.2) is 11.0 Å². The van der Waals surface area contributed by atoms with E-state index in [1.165, 1.54) is 11.8 Å². The average Bonchev–Trinajstić information content (AvgIpc) is 3.28. The molecule has 0 saturated carbocycles. The largest absolute Gasteiger partial charge is 0.490 e. The van der Waals surface area contributed by atoms with Crippen molar-refractivity contribution in [2.75, 3.05) is 5.75 Å². The van der Waals surface area contributed by atoms with Gasteiger partial charge in [0.2, 0.25) is 0 Å². The lowest BCUT2D eigenvalue weighted by Crippen LogP contribution is -2.20. The highest BCUT2D eigenvalue weighted by atomic mass is 32.2. The first-order valence-electron chi connectivity index (χ1n) is 10.9. The SMILES string of the molecule is CC(C)Oc1ccccc1/C=N/NC(=O)CSc1nnc(-c2ccccc2)n1-c1ccccc1. The van der Waals surface area contributed by atoms with Gasteiger partial charge in [0, 0.05) is 16.8 Å². The number of ether oxygens (including phenoxy) is 1. The fraction of sp³-hybridized carbons (Fsp3) is 0.154. The molecule has 7 nitrogen and oxygen atoms in total. The van der Waals surface area contributed by atoms with Crippen LogP contribution in [0.1, 0.15) is 19.4 Å². The molecule has 0 radical (unpaired) electrons. The van der Waals surface area contributed by atoms with Crippen molar-refractivity contribution in [2.45, 2.75) is 25.1 Å². The zero-order valence-corrected chi connectivity index (χ0v) is 19.8. The summed E-state index contributed by atoms with van der Waals surface area (Å²) in [5, 5.41) is 13.5. The van der Waals surface area contributed by atoms with E-state index >= 15 is 0 Å². The summed E-state index contributed by atoms with van der Waals surface area (Å²) in [5.41, 5.74) is 5.24. The Kier molecular flexibility index (Phi) is 7.72. The Morgan fingerprint density at radius 3 is 2.41 bits per heavy atom. The summed E-state index contributed by atoms with van der Waals surface area (Å²) in [5.74, 6) is 1.33. The molecule has 3 aromatic carbocycles. The zero-order chi connectivity index (χ0) is 23.8. The van der Waals surface area contributed by atoms with Crippen LogP contribution < -0.4 is 10.2 Å². The first-order valence-corrected chi connectivity index (χ1v) is 11.9. The average molecular weight is 472 g/mol. The highest BCUT2D eigenvalue weighted by Crippen LogP contribution is 2.27. The maximum atomic E-state index is 12.5. The van der Waals surface area contributed by atoms with E-state index in [9.17, 15) is 4.79 Å². The minimum atomic E-state index is -0.243. The molecule has 0 spiro atoms. The molecule has 0 aliphatic heterocycles. The topological polar surface area (TPSA) is 81.4 Å². The van der Waals surface area contributed by atoms with Crippen molar-refractivity contribution < 1.29 is 9.53 Å². The molecule has 4 rings (SSSR count). The predicted molar refractivity (Wildman–Crippen MR) is 135 cm³/mol. The van der Waals surface area contributed by atoms with Gasteiger partial charge in [0.1, 0.15) is 5.75 Å². The van der Waals surface area contributed by atoms with Crippen LogP contribution in [0, 0.1) is 0 Å². The number of hydrogen-bond donors (Lipinski definition) is 1. The standard InChI is InChI=1S/C26H25N5O2S/c1-19(2)33-23-16-10-9-13-21(23)17-27-28-24(32)18-34-26-30-29-25(20-11-5-3-6-12-20)31(26)22-14-7-4-8-15-22/h3-17,19H,18H2,1-2H3,(H,28,32)/b27-17+. The molecule has 0 bridgehead atoms. The second kappa shape index (κ2) is 11.3. The number of nitrogens with one attached hydrogen (secondary N) is 1. The number of hydrogen-bond acceptors (Lipinski definition) is 6. The fourth-order valence-electron chi connectivity index (χ4n) is 3.23. The quantitative estimate of drug-likeness (QED) is 0.212. The Morgan fingerprint density at radius 2 is 1.68 bits per heavy atom. The molecule has 0 fully saturated rings. The number of nitrogens with zero attached hydrogens (tertiary/aromatic N) is 4. The van der Waals surface area contributed by atoms with Gasteiger partial charge in [-0.25, -0.2) is 5.43 Å². The Morgan fingerprint density at radius 1 is 1.00 bits per heavy atom. The third-order valence-electron chi connectivity index (χ3n) is 4.69. The molecular formula is C26H25N5O2S. The summed E-state index contributed by atoms with van der Waals surface area (Å²) >= 11 is 1.30. The third-order valence-corrected chi connectivity index (χ3v) is 5.62. The van der Waals surface area contributed by atoms with Gasteiger partial charge < -0.3 is 4.74 Å².